The maximum absolute atomic E-state index is 12.7. The second-order valence-electron chi connectivity index (χ2n) is 2.37. The van der Waals surface area contributed by atoms with Crippen LogP contribution in [-0.4, -0.2) is 25.2 Å². The summed E-state index contributed by atoms with van der Waals surface area (Å²) in [5.74, 6) is -1.35. The van der Waals surface area contributed by atoms with E-state index in [0.29, 0.717) is 0 Å². The van der Waals surface area contributed by atoms with Gasteiger partial charge in [-0.1, -0.05) is 0 Å². The first-order chi connectivity index (χ1) is 5.15. The maximum Gasteiger partial charge on any atom is 0.161 e. The van der Waals surface area contributed by atoms with Crippen LogP contribution in [0.2, 0.25) is 0 Å². The minimum Gasteiger partial charge on any atom is -0.371 e. The van der Waals surface area contributed by atoms with Crippen molar-refractivity contribution in [2.24, 2.45) is 0 Å². The van der Waals surface area contributed by atoms with E-state index < -0.39 is 23.9 Å². The van der Waals surface area contributed by atoms with Gasteiger partial charge in [-0.15, -0.1) is 0 Å². The van der Waals surface area contributed by atoms with Crippen LogP contribution in [0.5, 0.6) is 0 Å². The molecule has 11 heavy (non-hydrogen) atoms. The third-order valence-corrected chi connectivity index (χ3v) is 1.55. The average molecular weight is 162 g/mol. The van der Waals surface area contributed by atoms with E-state index in [1.165, 1.54) is 7.11 Å². The first kappa shape index (κ1) is 8.33. The number of carbonyl (C=O) groups excluding carboxylic acids is 1. The molecule has 1 rings (SSSR count). The number of allylic oxidation sites excluding steroid dienone is 1. The average Bonchev–Trinajstić information content (AvgIpc) is 1.85. The van der Waals surface area contributed by atoms with Crippen molar-refractivity contribution in [1.82, 2.24) is 0 Å². The minimum atomic E-state index is -1.54. The molecule has 0 aromatic carbocycles. The molecule has 0 aromatic heterocycles. The molecule has 4 heteroatoms. The highest BCUT2D eigenvalue weighted by atomic mass is 19.1. The van der Waals surface area contributed by atoms with Crippen molar-refractivity contribution in [2.75, 3.05) is 7.11 Å². The molecule has 0 heterocycles. The molecule has 0 aromatic rings. The topological polar surface area (TPSA) is 26.3 Å². The van der Waals surface area contributed by atoms with Crippen LogP contribution in [-0.2, 0) is 9.53 Å². The van der Waals surface area contributed by atoms with Crippen molar-refractivity contribution in [2.45, 2.75) is 18.7 Å². The Morgan fingerprint density at radius 3 is 2.82 bits per heavy atom. The third kappa shape index (κ3) is 1.63. The van der Waals surface area contributed by atoms with E-state index in [4.69, 9.17) is 0 Å². The molecule has 62 valence electrons. The molecule has 1 aliphatic rings. The Morgan fingerprint density at radius 1 is 1.73 bits per heavy atom. The Balaban J connectivity index is 2.79. The lowest BCUT2D eigenvalue weighted by Crippen LogP contribution is -2.31. The van der Waals surface area contributed by atoms with Crippen LogP contribution >= 0.6 is 0 Å². The molecule has 0 amide bonds. The summed E-state index contributed by atoms with van der Waals surface area (Å²) in [5, 5.41) is 0. The second-order valence-corrected chi connectivity index (χ2v) is 2.37. The summed E-state index contributed by atoms with van der Waals surface area (Å²) in [4.78, 5) is 10.5. The molecule has 2 atom stereocenters. The molecule has 0 aliphatic heterocycles. The SMILES string of the molecule is COC1C(F)=CC(=O)CC1F. The highest BCUT2D eigenvalue weighted by molar-refractivity contribution is 5.91. The lowest BCUT2D eigenvalue weighted by molar-refractivity contribution is -0.118. The Kier molecular flexibility index (Phi) is 2.34. The van der Waals surface area contributed by atoms with E-state index in [0.717, 1.165) is 6.08 Å². The predicted octanol–water partition coefficient (Wildman–Crippen LogP) is 1.17. The lowest BCUT2D eigenvalue weighted by Gasteiger charge is -2.20. The third-order valence-electron chi connectivity index (χ3n) is 1.55. The normalized spacial score (nSPS) is 31.9. The van der Waals surface area contributed by atoms with Crippen LogP contribution in [0.4, 0.5) is 8.78 Å². The number of ketones is 1. The van der Waals surface area contributed by atoms with Gasteiger partial charge in [0, 0.05) is 19.6 Å². The van der Waals surface area contributed by atoms with Crippen molar-refractivity contribution < 1.29 is 18.3 Å². The summed E-state index contributed by atoms with van der Waals surface area (Å²) in [6, 6.07) is 0. The molecule has 2 unspecified atom stereocenters. The number of methoxy groups -OCH3 is 1. The molecule has 0 N–H and O–H groups in total. The molecule has 0 saturated carbocycles. The number of alkyl halides is 1. The van der Waals surface area contributed by atoms with Crippen LogP contribution in [0.1, 0.15) is 6.42 Å². The molecule has 0 saturated heterocycles. The molecule has 0 spiro atoms. The van der Waals surface area contributed by atoms with Gasteiger partial charge >= 0.3 is 0 Å². The fraction of sp³-hybridized carbons (Fsp3) is 0.571. The highest BCUT2D eigenvalue weighted by Gasteiger charge is 2.31. The van der Waals surface area contributed by atoms with E-state index >= 15 is 0 Å². The quantitative estimate of drug-likeness (QED) is 0.578. The van der Waals surface area contributed by atoms with Crippen molar-refractivity contribution in [3.63, 3.8) is 0 Å². The van der Waals surface area contributed by atoms with Gasteiger partial charge in [0.15, 0.2) is 5.78 Å². The van der Waals surface area contributed by atoms with Crippen molar-refractivity contribution in [3.05, 3.63) is 11.9 Å². The Hall–Kier alpha value is -0.770. The van der Waals surface area contributed by atoms with Gasteiger partial charge in [-0.2, -0.15) is 0 Å². The van der Waals surface area contributed by atoms with Crippen molar-refractivity contribution in [1.29, 1.82) is 0 Å². The number of carbonyl (C=O) groups is 1. The zero-order valence-corrected chi connectivity index (χ0v) is 6.01. The zero-order valence-electron chi connectivity index (χ0n) is 6.01. The van der Waals surface area contributed by atoms with Crippen LogP contribution in [0, 0.1) is 0 Å². The lowest BCUT2D eigenvalue weighted by atomic mass is 10.0. The Bertz CT molecular complexity index is 201. The summed E-state index contributed by atoms with van der Waals surface area (Å²) in [6.45, 7) is 0. The molecule has 0 radical (unpaired) electrons. The number of rotatable bonds is 1. The monoisotopic (exact) mass is 162 g/mol. The first-order valence-electron chi connectivity index (χ1n) is 3.22. The fourth-order valence-electron chi connectivity index (χ4n) is 1.03. The van der Waals surface area contributed by atoms with E-state index in [1.807, 2.05) is 0 Å². The van der Waals surface area contributed by atoms with E-state index in [1.54, 1.807) is 0 Å². The zero-order chi connectivity index (χ0) is 8.43. The number of hydrogen-bond donors (Lipinski definition) is 0. The van der Waals surface area contributed by atoms with Gasteiger partial charge in [-0.05, 0) is 0 Å². The number of hydrogen-bond acceptors (Lipinski definition) is 2. The maximum atomic E-state index is 12.7. The van der Waals surface area contributed by atoms with E-state index in [-0.39, 0.29) is 6.42 Å². The largest absolute Gasteiger partial charge is 0.371 e. The minimum absolute atomic E-state index is 0.286. The van der Waals surface area contributed by atoms with E-state index in [2.05, 4.69) is 4.74 Å². The van der Waals surface area contributed by atoms with Crippen LogP contribution in [0.3, 0.4) is 0 Å². The smallest absolute Gasteiger partial charge is 0.161 e. The summed E-state index contributed by atoms with van der Waals surface area (Å²) >= 11 is 0. The Labute approximate surface area is 62.8 Å². The summed E-state index contributed by atoms with van der Waals surface area (Å²) < 4.78 is 29.8. The second kappa shape index (κ2) is 3.09. The van der Waals surface area contributed by atoms with Crippen LogP contribution in [0.15, 0.2) is 11.9 Å². The summed E-state index contributed by atoms with van der Waals surface area (Å²) in [6.07, 6.45) is -2.24. The van der Waals surface area contributed by atoms with Gasteiger partial charge in [0.2, 0.25) is 0 Å². The molecule has 2 nitrogen and oxygen atoms in total. The molecular weight excluding hydrogens is 154 g/mol. The molecule has 0 fully saturated rings. The summed E-state index contributed by atoms with van der Waals surface area (Å²) in [7, 11) is 1.21. The molecular formula is C7H8F2O2. The van der Waals surface area contributed by atoms with Gasteiger partial charge in [-0.25, -0.2) is 8.78 Å². The van der Waals surface area contributed by atoms with Crippen LogP contribution in [0.25, 0.3) is 0 Å². The fourth-order valence-corrected chi connectivity index (χ4v) is 1.03. The van der Waals surface area contributed by atoms with Crippen molar-refractivity contribution >= 4 is 5.78 Å². The highest BCUT2D eigenvalue weighted by Crippen LogP contribution is 2.22. The Morgan fingerprint density at radius 2 is 2.36 bits per heavy atom. The predicted molar refractivity (Wildman–Crippen MR) is 34.5 cm³/mol. The van der Waals surface area contributed by atoms with Crippen molar-refractivity contribution in [3.8, 4) is 0 Å². The standard InChI is InChI=1S/C7H8F2O2/c1-11-7-5(8)2-4(10)3-6(7)9/h2,6-7H,3H2,1H3. The van der Waals surface area contributed by atoms with Gasteiger partial charge < -0.3 is 4.74 Å². The number of ether oxygens (including phenoxy) is 1. The number of halogens is 2. The summed E-state index contributed by atoms with van der Waals surface area (Å²) in [5.41, 5.74) is 0. The van der Waals surface area contributed by atoms with Gasteiger partial charge in [0.05, 0.1) is 0 Å². The molecule has 1 aliphatic carbocycles. The van der Waals surface area contributed by atoms with Gasteiger partial charge in [0.25, 0.3) is 0 Å². The first-order valence-corrected chi connectivity index (χ1v) is 3.22. The van der Waals surface area contributed by atoms with Crippen LogP contribution < -0.4 is 0 Å². The van der Waals surface area contributed by atoms with Gasteiger partial charge in [0.1, 0.15) is 18.1 Å². The van der Waals surface area contributed by atoms with E-state index in [9.17, 15) is 13.6 Å². The molecule has 0 bridgehead atoms. The van der Waals surface area contributed by atoms with Gasteiger partial charge in [-0.3, -0.25) is 4.79 Å².